The molecule has 1 rings (SSSR count). The average molecular weight is 212 g/mol. The summed E-state index contributed by atoms with van der Waals surface area (Å²) in [6, 6.07) is 0. The molecule has 1 aliphatic heterocycles. The third-order valence-electron chi connectivity index (χ3n) is 1.75. The Morgan fingerprint density at radius 3 is 2.46 bits per heavy atom. The minimum Gasteiger partial charge on any atom is -0.387 e. The molecule has 0 aromatic carbocycles. The van der Waals surface area contributed by atoms with Gasteiger partial charge in [-0.25, -0.2) is 0 Å². The summed E-state index contributed by atoms with van der Waals surface area (Å²) in [6.07, 6.45) is -4.23. The van der Waals surface area contributed by atoms with Gasteiger partial charge in [0.25, 0.3) is 0 Å². The quantitative estimate of drug-likeness (QED) is 0.401. The van der Waals surface area contributed by atoms with Crippen LogP contribution in [0.5, 0.6) is 0 Å². The first-order valence-corrected chi connectivity index (χ1v) is 4.71. The van der Waals surface area contributed by atoms with Gasteiger partial charge >= 0.3 is 8.25 Å². The van der Waals surface area contributed by atoms with Crippen molar-refractivity contribution in [1.29, 1.82) is 0 Å². The molecular formula is C5H11NO6P+. The molecule has 1 fully saturated rings. The number of hydrogen-bond acceptors (Lipinski definition) is 6. The van der Waals surface area contributed by atoms with E-state index in [1.807, 2.05) is 0 Å². The summed E-state index contributed by atoms with van der Waals surface area (Å²) in [6.45, 7) is -0.280. The van der Waals surface area contributed by atoms with E-state index in [4.69, 9.17) is 20.5 Å². The highest BCUT2D eigenvalue weighted by Gasteiger charge is 2.42. The van der Waals surface area contributed by atoms with E-state index < -0.39 is 32.8 Å². The second-order valence-corrected chi connectivity index (χ2v) is 3.39. The van der Waals surface area contributed by atoms with Gasteiger partial charge in [-0.1, -0.05) is 0 Å². The molecule has 0 aromatic rings. The van der Waals surface area contributed by atoms with Crippen molar-refractivity contribution in [1.82, 2.24) is 0 Å². The van der Waals surface area contributed by atoms with Gasteiger partial charge in [0, 0.05) is 4.57 Å². The van der Waals surface area contributed by atoms with Crippen LogP contribution in [0.1, 0.15) is 0 Å². The molecule has 7 nitrogen and oxygen atoms in total. The first-order chi connectivity index (χ1) is 6.02. The lowest BCUT2D eigenvalue weighted by atomic mass is 10.1. The topological polar surface area (TPSA) is 122 Å². The van der Waals surface area contributed by atoms with Crippen LogP contribution in [0.15, 0.2) is 0 Å². The maximum atomic E-state index is 10.1. The van der Waals surface area contributed by atoms with Crippen LogP contribution >= 0.6 is 8.25 Å². The molecule has 0 amide bonds. The number of nitrogens with two attached hydrogens (primary N) is 1. The predicted molar refractivity (Wildman–Crippen MR) is 40.6 cm³/mol. The molecule has 13 heavy (non-hydrogen) atoms. The molecule has 5 N–H and O–H groups in total. The van der Waals surface area contributed by atoms with Crippen molar-refractivity contribution in [3.63, 3.8) is 0 Å². The lowest BCUT2D eigenvalue weighted by Gasteiger charge is -2.10. The van der Waals surface area contributed by atoms with E-state index in [9.17, 15) is 9.67 Å². The van der Waals surface area contributed by atoms with E-state index in [-0.39, 0.29) is 6.61 Å². The highest BCUT2D eigenvalue weighted by Crippen LogP contribution is 2.22. The summed E-state index contributed by atoms with van der Waals surface area (Å²) in [7, 11) is -2.73. The first-order valence-electron chi connectivity index (χ1n) is 3.58. The number of ether oxygens (including phenoxy) is 1. The fourth-order valence-electron chi connectivity index (χ4n) is 1.05. The molecule has 5 unspecified atom stereocenters. The fraction of sp³-hybridized carbons (Fsp3) is 1.00. The van der Waals surface area contributed by atoms with Gasteiger partial charge in [0.05, 0.1) is 0 Å². The highest BCUT2D eigenvalue weighted by atomic mass is 31.1. The Hall–Kier alpha value is -0.140. The number of aliphatic hydroxyl groups excluding tert-OH is 2. The molecule has 0 radical (unpaired) electrons. The molecule has 1 saturated heterocycles. The Bertz CT molecular complexity index is 201. The second kappa shape index (κ2) is 4.39. The smallest absolute Gasteiger partial charge is 0.387 e. The van der Waals surface area contributed by atoms with Crippen LogP contribution in [0.25, 0.3) is 0 Å². The van der Waals surface area contributed by atoms with Gasteiger partial charge in [-0.15, -0.1) is 9.42 Å². The summed E-state index contributed by atoms with van der Waals surface area (Å²) in [5.41, 5.74) is 5.24. The predicted octanol–water partition coefficient (Wildman–Crippen LogP) is -1.94. The monoisotopic (exact) mass is 212 g/mol. The number of aliphatic hydroxyl groups is 2. The van der Waals surface area contributed by atoms with Crippen molar-refractivity contribution in [3.8, 4) is 0 Å². The van der Waals surface area contributed by atoms with Crippen molar-refractivity contribution >= 4 is 8.25 Å². The zero-order valence-electron chi connectivity index (χ0n) is 6.61. The molecule has 0 bridgehead atoms. The van der Waals surface area contributed by atoms with Gasteiger partial charge in [-0.05, 0) is 0 Å². The van der Waals surface area contributed by atoms with Crippen LogP contribution in [-0.4, -0.2) is 46.3 Å². The van der Waals surface area contributed by atoms with Gasteiger partial charge in [0.2, 0.25) is 0 Å². The van der Waals surface area contributed by atoms with Gasteiger partial charge < -0.3 is 20.7 Å². The first kappa shape index (κ1) is 10.9. The molecular weight excluding hydrogens is 201 g/mol. The van der Waals surface area contributed by atoms with Crippen molar-refractivity contribution < 1.29 is 28.9 Å². The Morgan fingerprint density at radius 1 is 1.46 bits per heavy atom. The highest BCUT2D eigenvalue weighted by molar-refractivity contribution is 7.32. The standard InChI is InChI=1S/C5H10NO6P/c6-5-4(8)3(7)2(12-5)1-11-13(9)10/h2-5,7-8H,1,6H2/p+1. The summed E-state index contributed by atoms with van der Waals surface area (Å²) < 4.78 is 19.3. The SMILES string of the molecule is NC1OC(CO[P+](=O)O)C(O)C1O. The van der Waals surface area contributed by atoms with Crippen molar-refractivity contribution in [2.75, 3.05) is 6.61 Å². The van der Waals surface area contributed by atoms with E-state index in [0.29, 0.717) is 0 Å². The summed E-state index contributed by atoms with van der Waals surface area (Å²) >= 11 is 0. The van der Waals surface area contributed by atoms with Gasteiger partial charge in [-0.3, -0.25) is 0 Å². The maximum absolute atomic E-state index is 10.1. The average Bonchev–Trinajstić information content (AvgIpc) is 2.29. The van der Waals surface area contributed by atoms with E-state index >= 15 is 0 Å². The van der Waals surface area contributed by atoms with E-state index in [1.54, 1.807) is 0 Å². The normalized spacial score (nSPS) is 40.8. The Balaban J connectivity index is 2.40. The summed E-state index contributed by atoms with van der Waals surface area (Å²) in [5.74, 6) is 0. The molecule has 1 heterocycles. The van der Waals surface area contributed by atoms with E-state index in [1.165, 1.54) is 0 Å². The van der Waals surface area contributed by atoms with Crippen LogP contribution in [0.2, 0.25) is 0 Å². The van der Waals surface area contributed by atoms with Gasteiger partial charge in [0.15, 0.2) is 0 Å². The third-order valence-corrected chi connectivity index (χ3v) is 2.12. The number of hydrogen-bond donors (Lipinski definition) is 4. The van der Waals surface area contributed by atoms with Crippen LogP contribution in [0, 0.1) is 0 Å². The lowest BCUT2D eigenvalue weighted by Crippen LogP contribution is -2.37. The van der Waals surface area contributed by atoms with Gasteiger partial charge in [0.1, 0.15) is 31.1 Å². The maximum Gasteiger partial charge on any atom is 0.694 e. The zero-order chi connectivity index (χ0) is 10.0. The molecule has 0 spiro atoms. The largest absolute Gasteiger partial charge is 0.694 e. The number of rotatable bonds is 3. The molecule has 0 aliphatic carbocycles. The third kappa shape index (κ3) is 2.65. The van der Waals surface area contributed by atoms with E-state index in [0.717, 1.165) is 0 Å². The van der Waals surface area contributed by atoms with Crippen LogP contribution < -0.4 is 5.73 Å². The molecule has 76 valence electrons. The summed E-state index contributed by atoms with van der Waals surface area (Å²) in [4.78, 5) is 8.29. The van der Waals surface area contributed by atoms with Crippen molar-refractivity contribution in [2.45, 2.75) is 24.5 Å². The molecule has 0 aromatic heterocycles. The second-order valence-electron chi connectivity index (χ2n) is 2.65. The van der Waals surface area contributed by atoms with Gasteiger partial charge in [-0.2, -0.15) is 0 Å². The zero-order valence-corrected chi connectivity index (χ0v) is 7.50. The Labute approximate surface area is 75.0 Å². The minimum absolute atomic E-state index is 0.280. The molecule has 5 atom stereocenters. The van der Waals surface area contributed by atoms with E-state index in [2.05, 4.69) is 4.52 Å². The van der Waals surface area contributed by atoms with Crippen LogP contribution in [0.4, 0.5) is 0 Å². The lowest BCUT2D eigenvalue weighted by molar-refractivity contribution is -0.0144. The van der Waals surface area contributed by atoms with Crippen molar-refractivity contribution in [2.24, 2.45) is 5.73 Å². The van der Waals surface area contributed by atoms with Crippen LogP contribution in [0.3, 0.4) is 0 Å². The summed E-state index contributed by atoms with van der Waals surface area (Å²) in [5, 5.41) is 18.3. The fourth-order valence-corrected chi connectivity index (χ4v) is 1.33. The molecule has 0 saturated carbocycles. The van der Waals surface area contributed by atoms with Crippen molar-refractivity contribution in [3.05, 3.63) is 0 Å². The Morgan fingerprint density at radius 2 is 2.08 bits per heavy atom. The molecule has 8 heteroatoms. The Kier molecular flexibility index (Phi) is 3.69. The van der Waals surface area contributed by atoms with Crippen LogP contribution in [-0.2, 0) is 13.8 Å². The minimum atomic E-state index is -2.73. The molecule has 1 aliphatic rings.